The third-order valence-electron chi connectivity index (χ3n) is 2.94. The normalized spacial score (nSPS) is 13.0. The summed E-state index contributed by atoms with van der Waals surface area (Å²) in [5.74, 6) is -7.46. The molecule has 2 N–H and O–H groups in total. The molecular weight excluding hydrogens is 312 g/mol. The van der Waals surface area contributed by atoms with E-state index < -0.39 is 43.6 Å². The third kappa shape index (κ3) is 3.53. The van der Waals surface area contributed by atoms with E-state index in [2.05, 4.69) is 0 Å². The molecule has 0 aliphatic carbocycles. The van der Waals surface area contributed by atoms with E-state index in [0.717, 1.165) is 7.05 Å². The largest absolute Gasteiger partial charge is 0.330 e. The Balaban J connectivity index is 3.39. The Kier molecular flexibility index (Phi) is 5.01. The van der Waals surface area contributed by atoms with Crippen LogP contribution >= 0.6 is 0 Å². The molecule has 0 atom stereocenters. The van der Waals surface area contributed by atoms with Gasteiger partial charge in [0.2, 0.25) is 10.0 Å². The molecule has 0 aromatic heterocycles. The number of hydrogen-bond donors (Lipinski definition) is 1. The predicted molar refractivity (Wildman–Crippen MR) is 68.9 cm³/mol. The fourth-order valence-corrected chi connectivity index (χ4v) is 3.16. The fourth-order valence-electron chi connectivity index (χ4n) is 1.69. The number of sulfonamides is 1. The van der Waals surface area contributed by atoms with Crippen LogP contribution in [-0.4, -0.2) is 32.9 Å². The SMILES string of the molecule is CN(CC(C)(C)CN)S(=O)(=O)c1c(F)c(F)cc(F)c1F. The summed E-state index contributed by atoms with van der Waals surface area (Å²) >= 11 is 0. The molecule has 0 aliphatic heterocycles. The van der Waals surface area contributed by atoms with E-state index >= 15 is 0 Å². The van der Waals surface area contributed by atoms with Crippen molar-refractivity contribution in [2.75, 3.05) is 20.1 Å². The molecule has 0 radical (unpaired) electrons. The van der Waals surface area contributed by atoms with Gasteiger partial charge in [0.05, 0.1) is 0 Å². The molecule has 0 bridgehead atoms. The van der Waals surface area contributed by atoms with Gasteiger partial charge in [0, 0.05) is 19.7 Å². The Labute approximate surface area is 120 Å². The molecule has 0 amide bonds. The summed E-state index contributed by atoms with van der Waals surface area (Å²) in [5.41, 5.74) is 4.78. The number of benzene rings is 1. The van der Waals surface area contributed by atoms with Gasteiger partial charge in [-0.3, -0.25) is 0 Å². The Hall–Kier alpha value is -1.19. The minimum Gasteiger partial charge on any atom is -0.330 e. The predicted octanol–water partition coefficient (Wildman–Crippen LogP) is 1.85. The Morgan fingerprint density at radius 2 is 1.57 bits per heavy atom. The van der Waals surface area contributed by atoms with Gasteiger partial charge >= 0.3 is 0 Å². The minimum absolute atomic E-state index is 0.0481. The number of nitrogens with zero attached hydrogens (tertiary/aromatic N) is 1. The number of halogens is 4. The lowest BCUT2D eigenvalue weighted by Gasteiger charge is -2.28. The maximum absolute atomic E-state index is 13.6. The van der Waals surface area contributed by atoms with E-state index in [-0.39, 0.29) is 19.2 Å². The van der Waals surface area contributed by atoms with Crippen LogP contribution in [0.3, 0.4) is 0 Å². The van der Waals surface area contributed by atoms with Crippen LogP contribution in [0, 0.1) is 28.7 Å². The van der Waals surface area contributed by atoms with Crippen molar-refractivity contribution in [1.29, 1.82) is 0 Å². The van der Waals surface area contributed by atoms with Crippen molar-refractivity contribution < 1.29 is 26.0 Å². The Morgan fingerprint density at radius 1 is 1.14 bits per heavy atom. The van der Waals surface area contributed by atoms with Crippen LogP contribution < -0.4 is 5.73 Å². The highest BCUT2D eigenvalue weighted by molar-refractivity contribution is 7.89. The van der Waals surface area contributed by atoms with Crippen molar-refractivity contribution in [3.05, 3.63) is 29.3 Å². The quantitative estimate of drug-likeness (QED) is 0.663. The lowest BCUT2D eigenvalue weighted by Crippen LogP contribution is -2.40. The average Bonchev–Trinajstić information content (AvgIpc) is 2.36. The molecule has 0 saturated carbocycles. The van der Waals surface area contributed by atoms with Gasteiger partial charge in [-0.25, -0.2) is 30.3 Å². The van der Waals surface area contributed by atoms with E-state index in [0.29, 0.717) is 4.31 Å². The van der Waals surface area contributed by atoms with Crippen molar-refractivity contribution in [3.63, 3.8) is 0 Å². The molecule has 0 saturated heterocycles. The Bertz CT molecular complexity index is 621. The molecule has 0 fully saturated rings. The fraction of sp³-hybridized carbons (Fsp3) is 0.500. The lowest BCUT2D eigenvalue weighted by atomic mass is 9.94. The molecule has 120 valence electrons. The number of hydrogen-bond acceptors (Lipinski definition) is 3. The van der Waals surface area contributed by atoms with Gasteiger partial charge in [-0.15, -0.1) is 0 Å². The molecule has 0 unspecified atom stereocenters. The highest BCUT2D eigenvalue weighted by Crippen LogP contribution is 2.27. The van der Waals surface area contributed by atoms with Crippen molar-refractivity contribution >= 4 is 10.0 Å². The molecule has 1 rings (SSSR count). The van der Waals surface area contributed by atoms with Crippen LogP contribution in [0.2, 0.25) is 0 Å². The monoisotopic (exact) mass is 328 g/mol. The highest BCUT2D eigenvalue weighted by Gasteiger charge is 2.34. The summed E-state index contributed by atoms with van der Waals surface area (Å²) in [4.78, 5) is -1.64. The van der Waals surface area contributed by atoms with Gasteiger partial charge in [0.1, 0.15) is 0 Å². The first-order chi connectivity index (χ1) is 9.44. The smallest absolute Gasteiger partial charge is 0.248 e. The lowest BCUT2D eigenvalue weighted by molar-refractivity contribution is 0.289. The zero-order valence-corrected chi connectivity index (χ0v) is 12.6. The van der Waals surface area contributed by atoms with E-state index in [1.807, 2.05) is 0 Å². The van der Waals surface area contributed by atoms with Crippen molar-refractivity contribution in [2.45, 2.75) is 18.7 Å². The van der Waals surface area contributed by atoms with Gasteiger partial charge in [-0.1, -0.05) is 13.8 Å². The number of nitrogens with two attached hydrogens (primary N) is 1. The second kappa shape index (κ2) is 5.90. The van der Waals surface area contributed by atoms with E-state index in [4.69, 9.17) is 5.73 Å². The van der Waals surface area contributed by atoms with Gasteiger partial charge in [-0.2, -0.15) is 0 Å². The summed E-state index contributed by atoms with van der Waals surface area (Å²) in [7, 11) is -3.69. The molecule has 21 heavy (non-hydrogen) atoms. The van der Waals surface area contributed by atoms with E-state index in [9.17, 15) is 26.0 Å². The molecule has 0 heterocycles. The van der Waals surface area contributed by atoms with Crippen LogP contribution in [0.1, 0.15) is 13.8 Å². The minimum atomic E-state index is -4.74. The Morgan fingerprint density at radius 3 is 1.95 bits per heavy atom. The van der Waals surface area contributed by atoms with Gasteiger partial charge in [0.25, 0.3) is 0 Å². The van der Waals surface area contributed by atoms with Crippen molar-refractivity contribution in [1.82, 2.24) is 4.31 Å². The van der Waals surface area contributed by atoms with Gasteiger partial charge in [-0.05, 0) is 12.0 Å². The van der Waals surface area contributed by atoms with Crippen LogP contribution in [0.15, 0.2) is 11.0 Å². The second-order valence-corrected chi connectivity index (χ2v) is 7.41. The highest BCUT2D eigenvalue weighted by atomic mass is 32.2. The van der Waals surface area contributed by atoms with Gasteiger partial charge < -0.3 is 5.73 Å². The average molecular weight is 328 g/mol. The first-order valence-corrected chi connectivity index (χ1v) is 7.37. The third-order valence-corrected chi connectivity index (χ3v) is 4.77. The molecule has 1 aromatic carbocycles. The molecular formula is C12H16F4N2O2S. The van der Waals surface area contributed by atoms with Crippen molar-refractivity contribution in [2.24, 2.45) is 11.1 Å². The van der Waals surface area contributed by atoms with Crippen LogP contribution in [0.5, 0.6) is 0 Å². The molecule has 0 spiro atoms. The van der Waals surface area contributed by atoms with Gasteiger partial charge in [0.15, 0.2) is 28.2 Å². The summed E-state index contributed by atoms with van der Waals surface area (Å²) in [6.45, 7) is 3.20. The summed E-state index contributed by atoms with van der Waals surface area (Å²) in [6, 6.07) is -0.0481. The zero-order chi connectivity index (χ0) is 16.6. The molecule has 4 nitrogen and oxygen atoms in total. The summed E-state index contributed by atoms with van der Waals surface area (Å²) in [5, 5.41) is 0. The maximum Gasteiger partial charge on any atom is 0.248 e. The zero-order valence-electron chi connectivity index (χ0n) is 11.8. The first-order valence-electron chi connectivity index (χ1n) is 5.93. The summed E-state index contributed by atoms with van der Waals surface area (Å²) in [6.07, 6.45) is 0. The van der Waals surface area contributed by atoms with Crippen LogP contribution in [0.4, 0.5) is 17.6 Å². The van der Waals surface area contributed by atoms with E-state index in [1.54, 1.807) is 13.8 Å². The standard InChI is InChI=1S/C12H16F4N2O2S/c1-12(2,5-17)6-18(3)21(19,20)11-9(15)7(13)4-8(14)10(11)16/h4H,5-6,17H2,1-3H3. The summed E-state index contributed by atoms with van der Waals surface area (Å²) < 4.78 is 78.4. The molecule has 9 heteroatoms. The van der Waals surface area contributed by atoms with Crippen LogP contribution in [-0.2, 0) is 10.0 Å². The van der Waals surface area contributed by atoms with Crippen LogP contribution in [0.25, 0.3) is 0 Å². The second-order valence-electron chi connectivity index (χ2n) is 5.43. The maximum atomic E-state index is 13.6. The number of rotatable bonds is 5. The molecule has 1 aromatic rings. The van der Waals surface area contributed by atoms with E-state index in [1.165, 1.54) is 0 Å². The molecule has 0 aliphatic rings. The topological polar surface area (TPSA) is 63.4 Å². The van der Waals surface area contributed by atoms with Crippen molar-refractivity contribution in [3.8, 4) is 0 Å². The first kappa shape index (κ1) is 17.9.